The smallest absolute Gasteiger partial charge is 0.185 e. The molecule has 1 aliphatic carbocycles. The maximum absolute atomic E-state index is 11.4. The van der Waals surface area contributed by atoms with Crippen LogP contribution in [0.5, 0.6) is 0 Å². The number of nitrogens with one attached hydrogen (secondary N) is 2. The van der Waals surface area contributed by atoms with Crippen LogP contribution in [0.3, 0.4) is 0 Å². The molecule has 0 amide bonds. The molecule has 0 aromatic carbocycles. The Morgan fingerprint density at radius 2 is 1.78 bits per heavy atom. The van der Waals surface area contributed by atoms with Gasteiger partial charge in [-0.3, -0.25) is 4.99 Å². The Kier molecular flexibility index (Phi) is 19.4. The van der Waals surface area contributed by atoms with Gasteiger partial charge in [0.15, 0.2) is 12.6 Å². The maximum Gasteiger partial charge on any atom is 0.185 e. The number of rotatable bonds is 18. The first-order valence-electron chi connectivity index (χ1n) is 17.7. The molecule has 2 aliphatic rings. The molecule has 0 bridgehead atoms. The third-order valence-electron chi connectivity index (χ3n) is 9.06. The van der Waals surface area contributed by atoms with E-state index in [9.17, 15) is 20.4 Å². The number of aliphatic hydroxyl groups excluding tert-OH is 3. The minimum atomic E-state index is -1.40. The molecule has 1 saturated carbocycles. The molecule has 10 N–H and O–H groups in total. The van der Waals surface area contributed by atoms with Crippen LogP contribution in [0.2, 0.25) is 0 Å². The number of hydrogen-bond donors (Lipinski definition) is 8. The van der Waals surface area contributed by atoms with E-state index < -0.39 is 60.7 Å². The Balaban J connectivity index is 1.83. The van der Waals surface area contributed by atoms with Gasteiger partial charge in [0.2, 0.25) is 0 Å². The largest absolute Gasteiger partial charge is 0.388 e. The first kappa shape index (κ1) is 43.2. The lowest BCUT2D eigenvalue weighted by atomic mass is 9.83. The van der Waals surface area contributed by atoms with Gasteiger partial charge in [-0.15, -0.1) is 5.92 Å². The number of allylic oxidation sites excluding steroid dienone is 6. The quantitative estimate of drug-likeness (QED) is 0.0452. The number of nitrogens with zero attached hydrogens (tertiary/aromatic N) is 1. The van der Waals surface area contributed by atoms with Gasteiger partial charge in [-0.2, -0.15) is 0 Å². The predicted octanol–water partition coefficient (Wildman–Crippen LogP) is 1.80. The van der Waals surface area contributed by atoms with Gasteiger partial charge < -0.3 is 56.7 Å². The van der Waals surface area contributed by atoms with Crippen LogP contribution in [0.25, 0.3) is 0 Å². The molecule has 12 heteroatoms. The summed E-state index contributed by atoms with van der Waals surface area (Å²) in [6, 6.07) is -2.49. The van der Waals surface area contributed by atoms with Gasteiger partial charge in [-0.05, 0) is 92.8 Å². The highest BCUT2D eigenvalue weighted by Gasteiger charge is 2.51. The van der Waals surface area contributed by atoms with E-state index in [0.29, 0.717) is 32.4 Å². The fourth-order valence-electron chi connectivity index (χ4n) is 6.16. The topological polar surface area (TPSA) is 197 Å². The summed E-state index contributed by atoms with van der Waals surface area (Å²) in [6.45, 7) is 12.9. The summed E-state index contributed by atoms with van der Waals surface area (Å²) in [5.74, 6) is 6.04. The molecule has 0 aromatic heterocycles. The summed E-state index contributed by atoms with van der Waals surface area (Å²) < 4.78 is 17.6. The first-order valence-corrected chi connectivity index (χ1v) is 17.7. The summed E-state index contributed by atoms with van der Waals surface area (Å²) in [5, 5.41) is 49.8. The number of likely N-dealkylation sites (N-methyl/N-ethyl adjacent to an activating group) is 2. The van der Waals surface area contributed by atoms with Crippen molar-refractivity contribution in [2.45, 2.75) is 153 Å². The summed E-state index contributed by atoms with van der Waals surface area (Å²) in [6.07, 6.45) is 6.89. The summed E-state index contributed by atoms with van der Waals surface area (Å²) in [7, 11) is 1.63. The highest BCUT2D eigenvalue weighted by Crippen LogP contribution is 2.31. The lowest BCUT2D eigenvalue weighted by Crippen LogP contribution is -2.69. The van der Waals surface area contributed by atoms with Crippen molar-refractivity contribution in [2.24, 2.45) is 16.5 Å². The minimum absolute atomic E-state index is 0.0800. The fourth-order valence-corrected chi connectivity index (χ4v) is 6.16. The molecule has 2 rings (SSSR count). The van der Waals surface area contributed by atoms with Crippen LogP contribution in [0.1, 0.15) is 86.5 Å². The van der Waals surface area contributed by atoms with Gasteiger partial charge >= 0.3 is 0 Å². The van der Waals surface area contributed by atoms with Crippen LogP contribution >= 0.6 is 0 Å². The predicted molar refractivity (Wildman–Crippen MR) is 195 cm³/mol. The monoisotopic (exact) mass is 691 g/mol. The van der Waals surface area contributed by atoms with Gasteiger partial charge in [0.05, 0.1) is 25.2 Å². The maximum atomic E-state index is 11.4. The second-order valence-corrected chi connectivity index (χ2v) is 13.9. The molecule has 1 heterocycles. The Bertz CT molecular complexity index is 1160. The summed E-state index contributed by atoms with van der Waals surface area (Å²) in [5.41, 5.74) is 15.3. The van der Waals surface area contributed by atoms with Crippen molar-refractivity contribution in [3.63, 3.8) is 0 Å². The molecule has 1 saturated heterocycles. The van der Waals surface area contributed by atoms with Crippen molar-refractivity contribution < 1.29 is 34.6 Å². The second-order valence-electron chi connectivity index (χ2n) is 13.9. The number of aliphatic imine (C=N–C) groups is 1. The Labute approximate surface area is 294 Å². The van der Waals surface area contributed by atoms with Crippen molar-refractivity contribution in [3.8, 4) is 11.8 Å². The van der Waals surface area contributed by atoms with Gasteiger partial charge in [0.1, 0.15) is 30.0 Å². The third-order valence-corrected chi connectivity index (χ3v) is 9.06. The molecule has 0 spiro atoms. The molecular formula is C37H65N5O7. The van der Waals surface area contributed by atoms with E-state index in [-0.39, 0.29) is 12.6 Å². The molecule has 2 fully saturated rings. The van der Waals surface area contributed by atoms with Crippen LogP contribution < -0.4 is 22.1 Å². The number of hydrogen-bond acceptors (Lipinski definition) is 12. The van der Waals surface area contributed by atoms with Crippen LogP contribution in [0, 0.1) is 11.8 Å². The summed E-state index contributed by atoms with van der Waals surface area (Å²) in [4.78, 5) is 4.34. The number of aliphatic hydroxyl groups is 4. The van der Waals surface area contributed by atoms with Crippen molar-refractivity contribution in [1.29, 1.82) is 0 Å². The van der Waals surface area contributed by atoms with Gasteiger partial charge in [0, 0.05) is 24.7 Å². The van der Waals surface area contributed by atoms with E-state index >= 15 is 0 Å². The third kappa shape index (κ3) is 14.6. The Hall–Kier alpha value is -1.99. The van der Waals surface area contributed by atoms with Crippen LogP contribution in [-0.2, 0) is 14.2 Å². The van der Waals surface area contributed by atoms with E-state index in [4.69, 9.17) is 25.7 Å². The van der Waals surface area contributed by atoms with Crippen LogP contribution in [0.15, 0.2) is 39.9 Å². The molecular weight excluding hydrogens is 626 g/mol. The first-order chi connectivity index (χ1) is 23.2. The van der Waals surface area contributed by atoms with E-state index in [2.05, 4.69) is 67.3 Å². The average Bonchev–Trinajstić information content (AvgIpc) is 3.03. The summed E-state index contributed by atoms with van der Waals surface area (Å²) >= 11 is 0. The lowest BCUT2D eigenvalue weighted by Gasteiger charge is -2.48. The van der Waals surface area contributed by atoms with E-state index in [1.54, 1.807) is 20.2 Å². The van der Waals surface area contributed by atoms with E-state index in [1.165, 1.54) is 16.7 Å². The minimum Gasteiger partial charge on any atom is -0.388 e. The van der Waals surface area contributed by atoms with Crippen molar-refractivity contribution in [3.05, 3.63) is 34.9 Å². The molecule has 11 unspecified atom stereocenters. The van der Waals surface area contributed by atoms with Gasteiger partial charge in [-0.25, -0.2) is 0 Å². The van der Waals surface area contributed by atoms with Crippen molar-refractivity contribution >= 4 is 6.21 Å². The SMILES string of the molecule is CCNC1CC(N)C(OC(O)C(N)CCC#CC/N=C/C=C(\C)CC/C=C(\C)CCC=C(C)C)C(O)C1OC1OCC(C)(O)C(NC)C1O. The molecule has 12 nitrogen and oxygen atoms in total. The molecule has 1 aliphatic heterocycles. The van der Waals surface area contributed by atoms with Crippen molar-refractivity contribution in [1.82, 2.24) is 10.6 Å². The standard InChI is InChI=1S/C37H65N5O7/c1-8-42-29-22-28(39)32(30(43)33(29)49-36-31(44)34(40-7)37(6,46)23-47-36)48-35(45)27(38)18-10-9-11-20-41-21-19-26(5)17-13-16-25(4)15-12-14-24(2)3/h14,16,19,21,27-36,40,42-46H,8,10,12-13,15,17-18,20,22-23,38-39H2,1-7H3/b25-16+,26-19+,41-21+. The number of nitrogens with two attached hydrogens (primary N) is 2. The fraction of sp³-hybridized carbons (Fsp3) is 0.757. The van der Waals surface area contributed by atoms with Gasteiger partial charge in [-0.1, -0.05) is 41.7 Å². The van der Waals surface area contributed by atoms with Crippen molar-refractivity contribution in [2.75, 3.05) is 26.7 Å². The molecule has 11 atom stereocenters. The average molecular weight is 692 g/mol. The Morgan fingerprint density at radius 1 is 1.08 bits per heavy atom. The molecule has 0 aromatic rings. The van der Waals surface area contributed by atoms with E-state index in [1.807, 2.05) is 13.0 Å². The highest BCUT2D eigenvalue weighted by molar-refractivity contribution is 5.72. The Morgan fingerprint density at radius 3 is 2.45 bits per heavy atom. The lowest BCUT2D eigenvalue weighted by molar-refractivity contribution is -0.303. The molecule has 280 valence electrons. The normalized spacial score (nSPS) is 32.4. The molecule has 0 radical (unpaired) electrons. The molecule has 49 heavy (non-hydrogen) atoms. The second kappa shape index (κ2) is 22.1. The zero-order valence-electron chi connectivity index (χ0n) is 30.8. The zero-order valence-corrected chi connectivity index (χ0v) is 30.8. The van der Waals surface area contributed by atoms with Gasteiger partial charge in [0.25, 0.3) is 0 Å². The van der Waals surface area contributed by atoms with Crippen LogP contribution in [-0.4, -0.2) is 120 Å². The van der Waals surface area contributed by atoms with E-state index in [0.717, 1.165) is 25.7 Å². The number of ether oxygens (including phenoxy) is 3. The zero-order chi connectivity index (χ0) is 36.6. The van der Waals surface area contributed by atoms with Crippen LogP contribution in [0.4, 0.5) is 0 Å². The highest BCUT2D eigenvalue weighted by atomic mass is 16.7.